The summed E-state index contributed by atoms with van der Waals surface area (Å²) in [5, 5.41) is 9.40. The molecule has 1 saturated heterocycles. The first-order valence-corrected chi connectivity index (χ1v) is 5.99. The summed E-state index contributed by atoms with van der Waals surface area (Å²) in [6.45, 7) is 5.25. The third-order valence-corrected chi connectivity index (χ3v) is 3.30. The molecule has 0 bridgehead atoms. The van der Waals surface area contributed by atoms with Crippen molar-refractivity contribution in [3.8, 4) is 0 Å². The molecule has 1 N–H and O–H groups in total. The summed E-state index contributed by atoms with van der Waals surface area (Å²) in [7, 11) is 2.07. The van der Waals surface area contributed by atoms with E-state index in [1.807, 2.05) is 0 Å². The van der Waals surface area contributed by atoms with Crippen molar-refractivity contribution in [3.63, 3.8) is 0 Å². The van der Waals surface area contributed by atoms with Crippen LogP contribution in [0.25, 0.3) is 0 Å². The molecule has 1 aromatic rings. The summed E-state index contributed by atoms with van der Waals surface area (Å²) >= 11 is 0. The van der Waals surface area contributed by atoms with E-state index in [1.165, 1.54) is 6.07 Å². The van der Waals surface area contributed by atoms with E-state index in [0.29, 0.717) is 11.3 Å². The average Bonchev–Trinajstić information content (AvgIpc) is 2.30. The summed E-state index contributed by atoms with van der Waals surface area (Å²) in [5.74, 6) is -0.243. The maximum atomic E-state index is 13.9. The third kappa shape index (κ3) is 2.76. The smallest absolute Gasteiger partial charge is 0.146 e. The Morgan fingerprint density at radius 1 is 1.24 bits per heavy atom. The lowest BCUT2D eigenvalue weighted by Crippen LogP contribution is -2.44. The number of nitrogens with zero attached hydrogens (tertiary/aromatic N) is 2. The van der Waals surface area contributed by atoms with Gasteiger partial charge in [-0.3, -0.25) is 0 Å². The van der Waals surface area contributed by atoms with Crippen molar-refractivity contribution in [2.75, 3.05) is 38.1 Å². The normalized spacial score (nSPS) is 19.4. The fraction of sp³-hybridized carbons (Fsp3) is 0.538. The van der Waals surface area contributed by atoms with Gasteiger partial charge in [0.2, 0.25) is 0 Å². The van der Waals surface area contributed by atoms with Crippen molar-refractivity contribution in [1.29, 1.82) is 0 Å². The van der Waals surface area contributed by atoms with Gasteiger partial charge in [-0.1, -0.05) is 6.07 Å². The summed E-state index contributed by atoms with van der Waals surface area (Å²) in [4.78, 5) is 4.29. The highest BCUT2D eigenvalue weighted by Crippen LogP contribution is 2.24. The van der Waals surface area contributed by atoms with E-state index in [4.69, 9.17) is 0 Å². The van der Waals surface area contributed by atoms with Crippen LogP contribution in [0.3, 0.4) is 0 Å². The maximum absolute atomic E-state index is 13.9. The Balaban J connectivity index is 2.16. The molecular formula is C13H19FN2O. The van der Waals surface area contributed by atoms with Crippen LogP contribution in [-0.4, -0.2) is 43.2 Å². The standard InChI is InChI=1S/C13H19FN2O/c1-10(17)11-3-4-13(12(14)9-11)16-7-5-15(2)6-8-16/h3-4,9-10,17H,5-8H2,1-2H3/t10-/m0/s1. The first-order chi connectivity index (χ1) is 8.08. The second-order valence-electron chi connectivity index (χ2n) is 4.68. The Morgan fingerprint density at radius 3 is 2.41 bits per heavy atom. The molecule has 0 aliphatic carbocycles. The lowest BCUT2D eigenvalue weighted by molar-refractivity contribution is 0.199. The van der Waals surface area contributed by atoms with Crippen LogP contribution in [0.2, 0.25) is 0 Å². The van der Waals surface area contributed by atoms with Gasteiger partial charge in [-0.25, -0.2) is 4.39 Å². The zero-order valence-electron chi connectivity index (χ0n) is 10.4. The van der Waals surface area contributed by atoms with Crippen molar-refractivity contribution in [1.82, 2.24) is 4.90 Å². The molecule has 3 nitrogen and oxygen atoms in total. The van der Waals surface area contributed by atoms with Crippen LogP contribution < -0.4 is 4.90 Å². The highest BCUT2D eigenvalue weighted by atomic mass is 19.1. The van der Waals surface area contributed by atoms with E-state index in [-0.39, 0.29) is 5.82 Å². The van der Waals surface area contributed by atoms with Gasteiger partial charge in [0.05, 0.1) is 11.8 Å². The van der Waals surface area contributed by atoms with E-state index in [9.17, 15) is 9.50 Å². The van der Waals surface area contributed by atoms with E-state index in [0.717, 1.165) is 26.2 Å². The van der Waals surface area contributed by atoms with Gasteiger partial charge < -0.3 is 14.9 Å². The number of halogens is 1. The second kappa shape index (κ2) is 5.02. The third-order valence-electron chi connectivity index (χ3n) is 3.30. The number of hydrogen-bond donors (Lipinski definition) is 1. The van der Waals surface area contributed by atoms with Crippen molar-refractivity contribution < 1.29 is 9.50 Å². The molecule has 0 aromatic heterocycles. The molecule has 0 saturated carbocycles. The van der Waals surface area contributed by atoms with Gasteiger partial charge in [0, 0.05) is 26.2 Å². The van der Waals surface area contributed by atoms with E-state index >= 15 is 0 Å². The Labute approximate surface area is 101 Å². The van der Waals surface area contributed by atoms with Crippen LogP contribution in [0.4, 0.5) is 10.1 Å². The summed E-state index contributed by atoms with van der Waals surface area (Å²) in [6, 6.07) is 4.99. The topological polar surface area (TPSA) is 26.7 Å². The van der Waals surface area contributed by atoms with Gasteiger partial charge in [-0.2, -0.15) is 0 Å². The van der Waals surface area contributed by atoms with Crippen molar-refractivity contribution in [2.24, 2.45) is 0 Å². The minimum absolute atomic E-state index is 0.243. The number of aliphatic hydroxyl groups is 1. The Bertz CT molecular complexity index is 387. The van der Waals surface area contributed by atoms with Gasteiger partial charge in [-0.05, 0) is 31.7 Å². The molecule has 94 valence electrons. The molecule has 1 aliphatic heterocycles. The molecule has 0 amide bonds. The van der Waals surface area contributed by atoms with E-state index < -0.39 is 6.10 Å². The number of aliphatic hydroxyl groups excluding tert-OH is 1. The largest absolute Gasteiger partial charge is 0.389 e. The Hall–Kier alpha value is -1.13. The molecule has 0 unspecified atom stereocenters. The predicted octanol–water partition coefficient (Wildman–Crippen LogP) is 1.63. The Kier molecular flexibility index (Phi) is 3.64. The first kappa shape index (κ1) is 12.3. The molecule has 0 spiro atoms. The lowest BCUT2D eigenvalue weighted by Gasteiger charge is -2.34. The minimum atomic E-state index is -0.619. The van der Waals surface area contributed by atoms with Gasteiger partial charge in [0.1, 0.15) is 5.82 Å². The number of benzene rings is 1. The summed E-state index contributed by atoms with van der Waals surface area (Å²) in [6.07, 6.45) is -0.619. The molecule has 1 heterocycles. The van der Waals surface area contributed by atoms with Gasteiger partial charge in [-0.15, -0.1) is 0 Å². The van der Waals surface area contributed by atoms with Crippen LogP contribution in [0.1, 0.15) is 18.6 Å². The van der Waals surface area contributed by atoms with Crippen LogP contribution in [-0.2, 0) is 0 Å². The number of rotatable bonds is 2. The van der Waals surface area contributed by atoms with Crippen LogP contribution in [0, 0.1) is 5.82 Å². The molecule has 4 heteroatoms. The van der Waals surface area contributed by atoms with Crippen LogP contribution in [0.15, 0.2) is 18.2 Å². The predicted molar refractivity (Wildman–Crippen MR) is 66.7 cm³/mol. The lowest BCUT2D eigenvalue weighted by atomic mass is 10.1. The van der Waals surface area contributed by atoms with E-state index in [1.54, 1.807) is 19.1 Å². The zero-order valence-corrected chi connectivity index (χ0v) is 10.4. The van der Waals surface area contributed by atoms with Crippen molar-refractivity contribution in [2.45, 2.75) is 13.0 Å². The number of likely N-dealkylation sites (N-methyl/N-ethyl adjacent to an activating group) is 1. The van der Waals surface area contributed by atoms with Gasteiger partial charge >= 0.3 is 0 Å². The van der Waals surface area contributed by atoms with Crippen LogP contribution >= 0.6 is 0 Å². The molecule has 1 fully saturated rings. The van der Waals surface area contributed by atoms with Gasteiger partial charge in [0.15, 0.2) is 0 Å². The summed E-state index contributed by atoms with van der Waals surface area (Å²) in [5.41, 5.74) is 1.27. The maximum Gasteiger partial charge on any atom is 0.146 e. The summed E-state index contributed by atoms with van der Waals surface area (Å²) < 4.78 is 13.9. The number of hydrogen-bond acceptors (Lipinski definition) is 3. The molecule has 1 aromatic carbocycles. The molecule has 2 rings (SSSR count). The quantitative estimate of drug-likeness (QED) is 0.848. The zero-order chi connectivity index (χ0) is 12.4. The first-order valence-electron chi connectivity index (χ1n) is 5.99. The highest BCUT2D eigenvalue weighted by Gasteiger charge is 2.17. The van der Waals surface area contributed by atoms with Gasteiger partial charge in [0.25, 0.3) is 0 Å². The molecule has 1 atom stereocenters. The number of piperazine rings is 1. The molecular weight excluding hydrogens is 219 g/mol. The number of anilines is 1. The SMILES string of the molecule is C[C@H](O)c1ccc(N2CCN(C)CC2)c(F)c1. The average molecular weight is 238 g/mol. The molecule has 0 radical (unpaired) electrons. The monoisotopic (exact) mass is 238 g/mol. The van der Waals surface area contributed by atoms with E-state index in [2.05, 4.69) is 16.8 Å². The van der Waals surface area contributed by atoms with Crippen molar-refractivity contribution >= 4 is 5.69 Å². The minimum Gasteiger partial charge on any atom is -0.389 e. The second-order valence-corrected chi connectivity index (χ2v) is 4.68. The highest BCUT2D eigenvalue weighted by molar-refractivity contribution is 5.49. The fourth-order valence-electron chi connectivity index (χ4n) is 2.09. The Morgan fingerprint density at radius 2 is 1.88 bits per heavy atom. The molecule has 1 aliphatic rings. The van der Waals surface area contributed by atoms with Crippen molar-refractivity contribution in [3.05, 3.63) is 29.6 Å². The fourth-order valence-corrected chi connectivity index (χ4v) is 2.09. The molecule has 17 heavy (non-hydrogen) atoms. The van der Waals surface area contributed by atoms with Crippen LogP contribution in [0.5, 0.6) is 0 Å².